The third kappa shape index (κ3) is 4.03. The summed E-state index contributed by atoms with van der Waals surface area (Å²) in [5.41, 5.74) is 0.820. The second-order valence-corrected chi connectivity index (χ2v) is 6.30. The third-order valence-corrected chi connectivity index (χ3v) is 4.53. The minimum atomic E-state index is -0.871. The van der Waals surface area contributed by atoms with E-state index in [0.717, 1.165) is 6.07 Å². The van der Waals surface area contributed by atoms with Gasteiger partial charge in [0.1, 0.15) is 0 Å². The molecule has 2 aromatic carbocycles. The Balaban J connectivity index is 1.66. The Kier molecular flexibility index (Phi) is 5.40. The van der Waals surface area contributed by atoms with Gasteiger partial charge in [0.25, 0.3) is 5.91 Å². The topological polar surface area (TPSA) is 52.6 Å². The number of carbonyl (C=O) groups is 1. The Hall–Kier alpha value is -2.31. The number of hydrogen-bond donors (Lipinski definition) is 2. The molecule has 1 aliphatic rings. The Morgan fingerprint density at radius 2 is 1.88 bits per heavy atom. The van der Waals surface area contributed by atoms with Crippen LogP contribution in [0.5, 0.6) is 0 Å². The van der Waals surface area contributed by atoms with Crippen molar-refractivity contribution in [1.82, 2.24) is 10.2 Å². The summed E-state index contributed by atoms with van der Waals surface area (Å²) >= 11 is 0. The zero-order chi connectivity index (χ0) is 17.8. The zero-order valence-corrected chi connectivity index (χ0v) is 13.7. The third-order valence-electron chi connectivity index (χ3n) is 4.53. The minimum absolute atomic E-state index is 0.0815. The molecule has 0 bridgehead atoms. The van der Waals surface area contributed by atoms with Gasteiger partial charge >= 0.3 is 0 Å². The predicted molar refractivity (Wildman–Crippen MR) is 89.9 cm³/mol. The normalized spacial score (nSPS) is 20.6. The fraction of sp³-hybridized carbons (Fsp3) is 0.316. The van der Waals surface area contributed by atoms with Crippen molar-refractivity contribution < 1.29 is 18.7 Å². The van der Waals surface area contributed by atoms with Crippen molar-refractivity contribution in [2.75, 3.05) is 19.7 Å². The van der Waals surface area contributed by atoms with Crippen LogP contribution >= 0.6 is 0 Å². The van der Waals surface area contributed by atoms with Gasteiger partial charge < -0.3 is 10.4 Å². The fourth-order valence-corrected chi connectivity index (χ4v) is 3.19. The van der Waals surface area contributed by atoms with Gasteiger partial charge in [0.2, 0.25) is 0 Å². The molecule has 1 amide bonds. The number of hydrogen-bond acceptors (Lipinski definition) is 3. The monoisotopic (exact) mass is 346 g/mol. The Labute approximate surface area is 145 Å². The van der Waals surface area contributed by atoms with E-state index in [1.807, 2.05) is 11.0 Å². The second kappa shape index (κ2) is 7.72. The van der Waals surface area contributed by atoms with E-state index in [9.17, 15) is 18.7 Å². The van der Waals surface area contributed by atoms with E-state index >= 15 is 0 Å². The predicted octanol–water partition coefficient (Wildman–Crippen LogP) is 2.19. The lowest BCUT2D eigenvalue weighted by atomic mass is 10.0. The molecular formula is C19H20F2N2O2. The maximum Gasteiger partial charge on any atom is 0.251 e. The average molecular weight is 346 g/mol. The summed E-state index contributed by atoms with van der Waals surface area (Å²) in [5.74, 6) is -2.07. The molecule has 1 saturated heterocycles. The summed E-state index contributed by atoms with van der Waals surface area (Å²) in [4.78, 5) is 14.2. The first-order chi connectivity index (χ1) is 12.1. The van der Waals surface area contributed by atoms with Crippen LogP contribution in [0.3, 0.4) is 0 Å². The standard InChI is InChI=1S/C19H20F2N2O2/c20-16-8-4-7-14(18(16)21)9-23-10-15(12-24)17(11-23)22-19(25)13-5-2-1-3-6-13/h1-8,15,17,24H,9-12H2,(H,22,25). The van der Waals surface area contributed by atoms with E-state index in [0.29, 0.717) is 18.7 Å². The van der Waals surface area contributed by atoms with Crippen molar-refractivity contribution in [1.29, 1.82) is 0 Å². The number of nitrogens with zero attached hydrogens (tertiary/aromatic N) is 1. The van der Waals surface area contributed by atoms with Crippen LogP contribution in [0.4, 0.5) is 8.78 Å². The maximum absolute atomic E-state index is 13.8. The van der Waals surface area contributed by atoms with Gasteiger partial charge in [-0.2, -0.15) is 0 Å². The van der Waals surface area contributed by atoms with Gasteiger partial charge in [-0.15, -0.1) is 0 Å². The highest BCUT2D eigenvalue weighted by Gasteiger charge is 2.33. The first-order valence-corrected chi connectivity index (χ1v) is 8.20. The van der Waals surface area contributed by atoms with Crippen molar-refractivity contribution in [3.63, 3.8) is 0 Å². The van der Waals surface area contributed by atoms with Crippen LogP contribution in [0.15, 0.2) is 48.5 Å². The van der Waals surface area contributed by atoms with Crippen LogP contribution in [0.1, 0.15) is 15.9 Å². The second-order valence-electron chi connectivity index (χ2n) is 6.30. The lowest BCUT2D eigenvalue weighted by Gasteiger charge is -2.18. The highest BCUT2D eigenvalue weighted by Crippen LogP contribution is 2.21. The highest BCUT2D eigenvalue weighted by atomic mass is 19.2. The molecule has 2 atom stereocenters. The molecule has 1 heterocycles. The Morgan fingerprint density at radius 1 is 1.12 bits per heavy atom. The molecule has 2 unspecified atom stereocenters. The van der Waals surface area contributed by atoms with Crippen LogP contribution in [0, 0.1) is 17.6 Å². The van der Waals surface area contributed by atoms with Crippen molar-refractivity contribution in [2.24, 2.45) is 5.92 Å². The van der Waals surface area contributed by atoms with Crippen molar-refractivity contribution in [2.45, 2.75) is 12.6 Å². The number of likely N-dealkylation sites (tertiary alicyclic amines) is 1. The smallest absolute Gasteiger partial charge is 0.251 e. The molecule has 2 aromatic rings. The van der Waals surface area contributed by atoms with E-state index < -0.39 is 11.6 Å². The molecule has 6 heteroatoms. The summed E-state index contributed by atoms with van der Waals surface area (Å²) in [6, 6.07) is 12.7. The molecule has 132 valence electrons. The summed E-state index contributed by atoms with van der Waals surface area (Å²) in [6.45, 7) is 1.13. The molecule has 0 aliphatic carbocycles. The number of aliphatic hydroxyl groups is 1. The van der Waals surface area contributed by atoms with E-state index in [1.54, 1.807) is 30.3 Å². The van der Waals surface area contributed by atoms with Crippen LogP contribution in [-0.2, 0) is 6.54 Å². The number of nitrogens with one attached hydrogen (secondary N) is 1. The van der Waals surface area contributed by atoms with Gasteiger partial charge in [0.15, 0.2) is 11.6 Å². The van der Waals surface area contributed by atoms with Crippen molar-refractivity contribution >= 4 is 5.91 Å². The van der Waals surface area contributed by atoms with E-state index in [2.05, 4.69) is 5.32 Å². The summed E-state index contributed by atoms with van der Waals surface area (Å²) in [7, 11) is 0. The van der Waals surface area contributed by atoms with Gasteiger partial charge in [0.05, 0.1) is 0 Å². The van der Waals surface area contributed by atoms with Crippen molar-refractivity contribution in [3.05, 3.63) is 71.3 Å². The van der Waals surface area contributed by atoms with Gasteiger partial charge in [-0.1, -0.05) is 30.3 Å². The molecule has 4 nitrogen and oxygen atoms in total. The number of rotatable bonds is 5. The minimum Gasteiger partial charge on any atom is -0.396 e. The van der Waals surface area contributed by atoms with Crippen LogP contribution in [0.2, 0.25) is 0 Å². The lowest BCUT2D eigenvalue weighted by molar-refractivity contribution is 0.0921. The summed E-state index contributed by atoms with van der Waals surface area (Å²) in [6.07, 6.45) is 0. The Morgan fingerprint density at radius 3 is 2.60 bits per heavy atom. The largest absolute Gasteiger partial charge is 0.396 e. The molecule has 0 spiro atoms. The number of aliphatic hydroxyl groups excluding tert-OH is 1. The van der Waals surface area contributed by atoms with Gasteiger partial charge in [-0.05, 0) is 18.2 Å². The fourth-order valence-electron chi connectivity index (χ4n) is 3.19. The SMILES string of the molecule is O=C(NC1CN(Cc2cccc(F)c2F)CC1CO)c1ccccc1. The summed E-state index contributed by atoms with van der Waals surface area (Å²) in [5, 5.41) is 12.5. The van der Waals surface area contributed by atoms with Gasteiger partial charge in [0, 0.05) is 49.3 Å². The molecule has 1 aliphatic heterocycles. The van der Waals surface area contributed by atoms with Gasteiger partial charge in [-0.25, -0.2) is 8.78 Å². The number of amides is 1. The first-order valence-electron chi connectivity index (χ1n) is 8.20. The first kappa shape index (κ1) is 17.5. The molecule has 3 rings (SSSR count). The van der Waals surface area contributed by atoms with E-state index in [-0.39, 0.29) is 36.6 Å². The maximum atomic E-state index is 13.8. The van der Waals surface area contributed by atoms with Crippen LogP contribution < -0.4 is 5.32 Å². The zero-order valence-electron chi connectivity index (χ0n) is 13.7. The van der Waals surface area contributed by atoms with Crippen LogP contribution in [-0.4, -0.2) is 41.7 Å². The lowest BCUT2D eigenvalue weighted by Crippen LogP contribution is -2.41. The summed E-state index contributed by atoms with van der Waals surface area (Å²) < 4.78 is 27.2. The molecule has 25 heavy (non-hydrogen) atoms. The average Bonchev–Trinajstić information content (AvgIpc) is 3.01. The van der Waals surface area contributed by atoms with Gasteiger partial charge in [-0.3, -0.25) is 9.69 Å². The molecular weight excluding hydrogens is 326 g/mol. The molecule has 0 radical (unpaired) electrons. The number of halogens is 2. The molecule has 1 fully saturated rings. The van der Waals surface area contributed by atoms with Crippen molar-refractivity contribution in [3.8, 4) is 0 Å². The number of carbonyl (C=O) groups excluding carboxylic acids is 1. The van der Waals surface area contributed by atoms with E-state index in [4.69, 9.17) is 0 Å². The molecule has 0 aromatic heterocycles. The number of benzene rings is 2. The molecule has 2 N–H and O–H groups in total. The molecule has 0 saturated carbocycles. The van der Waals surface area contributed by atoms with E-state index in [1.165, 1.54) is 6.07 Å². The highest BCUT2D eigenvalue weighted by molar-refractivity contribution is 5.94. The quantitative estimate of drug-likeness (QED) is 0.873. The van der Waals surface area contributed by atoms with Crippen LogP contribution in [0.25, 0.3) is 0 Å². The Bertz CT molecular complexity index is 739.